The smallest absolute Gasteiger partial charge is 0.206 e. The van der Waals surface area contributed by atoms with Crippen molar-refractivity contribution in [1.29, 1.82) is 0 Å². The maximum absolute atomic E-state index is 12.2. The van der Waals surface area contributed by atoms with Crippen LogP contribution in [0.5, 0.6) is 0 Å². The number of hydrogen-bond acceptors (Lipinski definition) is 3. The van der Waals surface area contributed by atoms with E-state index < -0.39 is 27.9 Å². The van der Waals surface area contributed by atoms with Crippen LogP contribution in [0.2, 0.25) is 0 Å². The van der Waals surface area contributed by atoms with Crippen molar-refractivity contribution in [3.8, 4) is 0 Å². The van der Waals surface area contributed by atoms with Crippen molar-refractivity contribution < 1.29 is 42.8 Å². The molecule has 0 aliphatic rings. The molecule has 0 bridgehead atoms. The lowest BCUT2D eigenvalue weighted by Crippen LogP contribution is -2.52. The molecule has 1 unspecified atom stereocenters. The molecule has 1 atom stereocenters. The van der Waals surface area contributed by atoms with Crippen molar-refractivity contribution in [2.45, 2.75) is 17.4 Å². The van der Waals surface area contributed by atoms with E-state index in [0.29, 0.717) is 0 Å². The zero-order valence-electron chi connectivity index (χ0n) is 6.16. The zero-order chi connectivity index (χ0) is 12.7. The lowest BCUT2D eigenvalue weighted by molar-refractivity contribution is -0.324. The molecule has 0 fully saturated rings. The fourth-order valence-corrected chi connectivity index (χ4v) is 0.792. The van der Waals surface area contributed by atoms with E-state index in [2.05, 4.69) is 11.6 Å². The summed E-state index contributed by atoms with van der Waals surface area (Å²) in [5, 5.41) is -5.86. The van der Waals surface area contributed by atoms with Crippen LogP contribution >= 0.6 is 11.6 Å². The van der Waals surface area contributed by atoms with Gasteiger partial charge in [-0.3, -0.25) is 0 Å². The molecular weight excluding hydrogens is 285 g/mol. The van der Waals surface area contributed by atoms with Crippen LogP contribution < -0.4 is 0 Å². The molecule has 0 radical (unpaired) electrons. The summed E-state index contributed by atoms with van der Waals surface area (Å²) < 4.78 is 103. The van der Waals surface area contributed by atoms with Gasteiger partial charge in [-0.2, -0.15) is 34.6 Å². The Balaban J connectivity index is 5.21. The summed E-state index contributed by atoms with van der Waals surface area (Å²) in [4.78, 5) is 0. The first-order chi connectivity index (χ1) is 6.21. The number of hydrogen-bond donors (Lipinski definition) is 0. The van der Waals surface area contributed by atoms with Gasteiger partial charge in [0.2, 0.25) is 0 Å². The molecular formula is C3ClF7O3S. The Hall–Kier alpha value is -0.290. The largest absolute Gasteiger partial charge is 0.446 e. The van der Waals surface area contributed by atoms with Gasteiger partial charge in [-0.1, -0.05) is 15.5 Å². The first-order valence-electron chi connectivity index (χ1n) is 2.68. The predicted octanol–water partition coefficient (Wildman–Crippen LogP) is 2.28. The van der Waals surface area contributed by atoms with Gasteiger partial charge in [0.25, 0.3) is 0 Å². The second-order valence-corrected chi connectivity index (χ2v) is 3.54. The summed E-state index contributed by atoms with van der Waals surface area (Å²) in [7, 11) is -6.50. The molecule has 0 aromatic carbocycles. The average molecular weight is 285 g/mol. The van der Waals surface area contributed by atoms with Crippen molar-refractivity contribution in [1.82, 2.24) is 0 Å². The lowest BCUT2D eigenvalue weighted by atomic mass is 10.3. The second kappa shape index (κ2) is 3.63. The number of alkyl halides is 7. The molecule has 3 nitrogen and oxygen atoms in total. The van der Waals surface area contributed by atoms with E-state index >= 15 is 0 Å². The van der Waals surface area contributed by atoms with Crippen LogP contribution in [0.1, 0.15) is 0 Å². The van der Waals surface area contributed by atoms with E-state index in [1.165, 1.54) is 0 Å². The standard InChI is InChI=1S/C3ClF7O3S/c4-1(5,2(6,7)8)3(9,10)14-15(11,12)13. The first-order valence-corrected chi connectivity index (χ1v) is 4.37. The Morgan fingerprint density at radius 2 is 1.33 bits per heavy atom. The van der Waals surface area contributed by atoms with E-state index in [9.17, 15) is 38.6 Å². The van der Waals surface area contributed by atoms with Gasteiger partial charge in [0.05, 0.1) is 0 Å². The highest BCUT2D eigenvalue weighted by Gasteiger charge is 2.73. The molecule has 0 saturated carbocycles. The third kappa shape index (κ3) is 3.34. The summed E-state index contributed by atoms with van der Waals surface area (Å²) in [6, 6.07) is 0. The fourth-order valence-electron chi connectivity index (χ4n) is 0.342. The molecule has 0 aromatic rings. The van der Waals surface area contributed by atoms with Gasteiger partial charge >= 0.3 is 27.9 Å². The van der Waals surface area contributed by atoms with Gasteiger partial charge in [0, 0.05) is 0 Å². The maximum atomic E-state index is 12.2. The van der Waals surface area contributed by atoms with Crippen LogP contribution in [0.15, 0.2) is 0 Å². The van der Waals surface area contributed by atoms with Crippen LogP contribution in [-0.2, 0) is 14.7 Å². The summed E-state index contributed by atoms with van der Waals surface area (Å²) >= 11 is 3.71. The van der Waals surface area contributed by atoms with Gasteiger partial charge in [-0.05, 0) is 0 Å². The van der Waals surface area contributed by atoms with E-state index in [-0.39, 0.29) is 0 Å². The molecule has 0 spiro atoms. The molecule has 92 valence electrons. The quantitative estimate of drug-likeness (QED) is 0.454. The topological polar surface area (TPSA) is 43.4 Å². The normalized spacial score (nSPS) is 18.7. The summed E-state index contributed by atoms with van der Waals surface area (Å²) in [5.41, 5.74) is 0. The highest BCUT2D eigenvalue weighted by molar-refractivity contribution is 7.81. The SMILES string of the molecule is O=S(=O)(F)OC(F)(F)C(F)(Cl)C(F)(F)F. The van der Waals surface area contributed by atoms with Crippen LogP contribution in [0, 0.1) is 0 Å². The van der Waals surface area contributed by atoms with Crippen molar-refractivity contribution >= 4 is 22.1 Å². The Labute approximate surface area is 83.2 Å². The van der Waals surface area contributed by atoms with Crippen molar-refractivity contribution in [3.05, 3.63) is 0 Å². The minimum Gasteiger partial charge on any atom is -0.206 e. The highest BCUT2D eigenvalue weighted by atomic mass is 35.5. The molecule has 0 N–H and O–H groups in total. The van der Waals surface area contributed by atoms with Gasteiger partial charge in [-0.25, -0.2) is 4.39 Å². The van der Waals surface area contributed by atoms with Crippen molar-refractivity contribution in [2.75, 3.05) is 0 Å². The van der Waals surface area contributed by atoms with Gasteiger partial charge < -0.3 is 0 Å². The summed E-state index contributed by atoms with van der Waals surface area (Å²) in [6.45, 7) is 0. The highest BCUT2D eigenvalue weighted by Crippen LogP contribution is 2.49. The Morgan fingerprint density at radius 1 is 1.00 bits per heavy atom. The minimum absolute atomic E-state index is 1.96. The monoisotopic (exact) mass is 284 g/mol. The van der Waals surface area contributed by atoms with E-state index in [1.807, 2.05) is 4.18 Å². The Morgan fingerprint density at radius 3 is 1.53 bits per heavy atom. The predicted molar refractivity (Wildman–Crippen MR) is 31.8 cm³/mol. The Bertz CT molecular complexity index is 332. The first kappa shape index (κ1) is 14.7. The molecule has 15 heavy (non-hydrogen) atoms. The third-order valence-electron chi connectivity index (χ3n) is 0.926. The molecule has 12 heteroatoms. The van der Waals surface area contributed by atoms with Crippen LogP contribution in [-0.4, -0.2) is 25.8 Å². The lowest BCUT2D eigenvalue weighted by Gasteiger charge is -2.27. The zero-order valence-corrected chi connectivity index (χ0v) is 7.73. The van der Waals surface area contributed by atoms with Gasteiger partial charge in [-0.15, -0.1) is 0 Å². The van der Waals surface area contributed by atoms with Gasteiger partial charge in [0.1, 0.15) is 0 Å². The minimum atomic E-state index is -6.50. The number of rotatable bonds is 3. The van der Waals surface area contributed by atoms with Crippen LogP contribution in [0.4, 0.5) is 30.2 Å². The number of halogens is 8. The molecule has 0 saturated heterocycles. The van der Waals surface area contributed by atoms with Crippen LogP contribution in [0.25, 0.3) is 0 Å². The van der Waals surface area contributed by atoms with E-state index in [0.717, 1.165) is 0 Å². The van der Waals surface area contributed by atoms with E-state index in [4.69, 9.17) is 0 Å². The van der Waals surface area contributed by atoms with Crippen molar-refractivity contribution in [3.63, 3.8) is 0 Å². The average Bonchev–Trinajstić information content (AvgIpc) is 1.77. The Kier molecular flexibility index (Phi) is 3.56. The summed E-state index contributed by atoms with van der Waals surface area (Å²) in [5.74, 6) is 0. The molecule has 0 aliphatic carbocycles. The maximum Gasteiger partial charge on any atom is 0.446 e. The second-order valence-electron chi connectivity index (χ2n) is 2.07. The molecule has 0 aromatic heterocycles. The molecule has 0 amide bonds. The molecule has 0 heterocycles. The summed E-state index contributed by atoms with van der Waals surface area (Å²) in [6.07, 6.45) is -12.5. The van der Waals surface area contributed by atoms with Crippen molar-refractivity contribution in [2.24, 2.45) is 0 Å². The fraction of sp³-hybridized carbons (Fsp3) is 1.00. The van der Waals surface area contributed by atoms with Gasteiger partial charge in [0.15, 0.2) is 0 Å². The van der Waals surface area contributed by atoms with Crippen LogP contribution in [0.3, 0.4) is 0 Å². The third-order valence-corrected chi connectivity index (χ3v) is 1.77. The molecule has 0 aliphatic heterocycles. The van der Waals surface area contributed by atoms with E-state index in [1.54, 1.807) is 0 Å². The molecule has 0 rings (SSSR count).